The molecular formula is C25H19FN2O5S. The Hall–Kier alpha value is -4.11. The molecule has 2 N–H and O–H groups in total. The minimum absolute atomic E-state index is 0.134. The molecule has 0 radical (unpaired) electrons. The van der Waals surface area contributed by atoms with Crippen molar-refractivity contribution in [3.63, 3.8) is 0 Å². The topological polar surface area (TPSA) is 97.7 Å². The molecule has 3 aromatic heterocycles. The molecule has 0 spiro atoms. The van der Waals surface area contributed by atoms with Gasteiger partial charge in [0.2, 0.25) is 11.7 Å². The number of aryl methyl sites for hydroxylation is 2. The number of aromatic nitrogens is 2. The number of nitrogens with zero attached hydrogens (tertiary/aromatic N) is 2. The zero-order valence-corrected chi connectivity index (χ0v) is 19.2. The van der Waals surface area contributed by atoms with Gasteiger partial charge in [-0.15, -0.1) is 0 Å². The summed E-state index contributed by atoms with van der Waals surface area (Å²) in [4.78, 5) is 18.1. The fraction of sp³-hybridized carbons (Fsp3) is 0.120. The summed E-state index contributed by atoms with van der Waals surface area (Å²) in [6.45, 7) is 3.36. The van der Waals surface area contributed by atoms with Crippen LogP contribution in [0.15, 0.2) is 52.9 Å². The lowest BCUT2D eigenvalue weighted by Gasteiger charge is -2.09. The van der Waals surface area contributed by atoms with E-state index in [9.17, 15) is 19.4 Å². The average Bonchev–Trinajstić information content (AvgIpc) is 3.46. The maximum atomic E-state index is 13.7. The lowest BCUT2D eigenvalue weighted by Crippen LogP contribution is -2.05. The van der Waals surface area contributed by atoms with Crippen LogP contribution in [0.3, 0.4) is 0 Å². The smallest absolute Gasteiger partial charge is 0.242 e. The summed E-state index contributed by atoms with van der Waals surface area (Å²) in [7, 11) is 1.56. The zero-order chi connectivity index (χ0) is 24.1. The van der Waals surface area contributed by atoms with Crippen LogP contribution in [0.1, 0.15) is 27.4 Å². The van der Waals surface area contributed by atoms with Gasteiger partial charge in [0.15, 0.2) is 10.9 Å². The van der Waals surface area contributed by atoms with Crippen LogP contribution in [-0.4, -0.2) is 32.7 Å². The second-order valence-electron chi connectivity index (χ2n) is 7.72. The lowest BCUT2D eigenvalue weighted by atomic mass is 9.99. The van der Waals surface area contributed by atoms with Gasteiger partial charge in [-0.3, -0.25) is 9.36 Å². The predicted octanol–water partition coefficient (Wildman–Crippen LogP) is 5.75. The van der Waals surface area contributed by atoms with Crippen molar-refractivity contribution in [1.82, 2.24) is 9.55 Å². The van der Waals surface area contributed by atoms with Crippen LogP contribution >= 0.6 is 11.3 Å². The van der Waals surface area contributed by atoms with Gasteiger partial charge in [-0.1, -0.05) is 11.3 Å². The quantitative estimate of drug-likeness (QED) is 0.312. The summed E-state index contributed by atoms with van der Waals surface area (Å²) in [5.41, 5.74) is 1.36. The summed E-state index contributed by atoms with van der Waals surface area (Å²) in [5, 5.41) is 22.2. The van der Waals surface area contributed by atoms with E-state index >= 15 is 0 Å². The molecular weight excluding hydrogens is 459 g/mol. The first-order valence-electron chi connectivity index (χ1n) is 10.3. The highest BCUT2D eigenvalue weighted by Crippen LogP contribution is 2.45. The molecule has 7 nitrogen and oxygen atoms in total. The molecule has 0 aliphatic rings. The van der Waals surface area contributed by atoms with Gasteiger partial charge in [-0.2, -0.15) is 0 Å². The van der Waals surface area contributed by atoms with Gasteiger partial charge in [0.05, 0.1) is 34.1 Å². The Morgan fingerprint density at radius 3 is 2.50 bits per heavy atom. The Bertz CT molecular complexity index is 1560. The lowest BCUT2D eigenvalue weighted by molar-refractivity contribution is 0.103. The van der Waals surface area contributed by atoms with Gasteiger partial charge in [-0.05, 0) is 67.9 Å². The second-order valence-corrected chi connectivity index (χ2v) is 8.73. The normalized spacial score (nSPS) is 11.3. The molecule has 0 bridgehead atoms. The van der Waals surface area contributed by atoms with Crippen LogP contribution in [0.2, 0.25) is 0 Å². The number of benzene rings is 2. The van der Waals surface area contributed by atoms with E-state index in [0.29, 0.717) is 33.5 Å². The maximum Gasteiger partial charge on any atom is 0.242 e. The van der Waals surface area contributed by atoms with E-state index in [-0.39, 0.29) is 16.8 Å². The molecule has 3 heterocycles. The molecule has 5 rings (SSSR count). The van der Waals surface area contributed by atoms with Crippen molar-refractivity contribution in [2.75, 3.05) is 7.11 Å². The van der Waals surface area contributed by atoms with E-state index in [4.69, 9.17) is 9.15 Å². The second kappa shape index (κ2) is 8.03. The van der Waals surface area contributed by atoms with Gasteiger partial charge in [-0.25, -0.2) is 9.37 Å². The number of ketones is 1. The Kier molecular flexibility index (Phi) is 5.13. The van der Waals surface area contributed by atoms with Crippen molar-refractivity contribution >= 4 is 27.3 Å². The van der Waals surface area contributed by atoms with E-state index in [2.05, 4.69) is 4.98 Å². The molecule has 0 saturated heterocycles. The number of thiazole rings is 1. The van der Waals surface area contributed by atoms with Gasteiger partial charge in [0, 0.05) is 0 Å². The summed E-state index contributed by atoms with van der Waals surface area (Å²) < 4.78 is 26.5. The first kappa shape index (κ1) is 21.7. The molecule has 0 unspecified atom stereocenters. The number of aromatic hydroxyl groups is 2. The first-order valence-corrected chi connectivity index (χ1v) is 11.1. The molecule has 5 aromatic rings. The summed E-state index contributed by atoms with van der Waals surface area (Å²) >= 11 is 1.24. The minimum Gasteiger partial charge on any atom is -0.503 e. The number of hydrogen-bond acceptors (Lipinski definition) is 7. The maximum absolute atomic E-state index is 13.7. The van der Waals surface area contributed by atoms with Gasteiger partial charge < -0.3 is 19.4 Å². The van der Waals surface area contributed by atoms with Crippen LogP contribution in [0.5, 0.6) is 17.4 Å². The van der Waals surface area contributed by atoms with Crippen LogP contribution in [0.25, 0.3) is 26.6 Å². The van der Waals surface area contributed by atoms with E-state index in [1.165, 1.54) is 40.2 Å². The van der Waals surface area contributed by atoms with E-state index < -0.39 is 23.2 Å². The van der Waals surface area contributed by atoms with Gasteiger partial charge >= 0.3 is 0 Å². The van der Waals surface area contributed by atoms with E-state index in [1.807, 2.05) is 0 Å². The average molecular weight is 479 g/mol. The zero-order valence-electron chi connectivity index (χ0n) is 18.4. The molecule has 0 aliphatic carbocycles. The summed E-state index contributed by atoms with van der Waals surface area (Å²) in [6.07, 6.45) is 0. The SMILES string of the molecule is COc1ccc2nc(-n3c(O)c(O)c(C(=O)c4cc(C)oc4C)c3-c3ccc(F)cc3)sc2c1. The third-order valence-corrected chi connectivity index (χ3v) is 6.53. The Balaban J connectivity index is 1.80. The number of carbonyl (C=O) groups is 1. The number of hydrogen-bond donors (Lipinski definition) is 2. The molecule has 2 aromatic carbocycles. The van der Waals surface area contributed by atoms with Crippen molar-refractivity contribution in [1.29, 1.82) is 0 Å². The highest BCUT2D eigenvalue weighted by atomic mass is 32.1. The summed E-state index contributed by atoms with van der Waals surface area (Å²) in [5.74, 6) is -0.591. The van der Waals surface area contributed by atoms with E-state index in [1.54, 1.807) is 45.2 Å². The highest BCUT2D eigenvalue weighted by molar-refractivity contribution is 7.20. The van der Waals surface area contributed by atoms with Crippen LogP contribution in [0, 0.1) is 19.7 Å². The Morgan fingerprint density at radius 1 is 1.12 bits per heavy atom. The number of ether oxygens (including phenoxy) is 1. The molecule has 34 heavy (non-hydrogen) atoms. The summed E-state index contributed by atoms with van der Waals surface area (Å²) in [6, 6.07) is 12.3. The third kappa shape index (κ3) is 3.41. The monoisotopic (exact) mass is 478 g/mol. The molecule has 0 amide bonds. The number of halogens is 1. The van der Waals surface area contributed by atoms with Crippen LogP contribution in [0.4, 0.5) is 4.39 Å². The van der Waals surface area contributed by atoms with E-state index in [0.717, 1.165) is 4.70 Å². The van der Waals surface area contributed by atoms with Crippen LogP contribution in [-0.2, 0) is 0 Å². The van der Waals surface area contributed by atoms with Crippen molar-refractivity contribution in [3.8, 4) is 33.8 Å². The largest absolute Gasteiger partial charge is 0.503 e. The van der Waals surface area contributed by atoms with Crippen molar-refractivity contribution in [2.45, 2.75) is 13.8 Å². The van der Waals surface area contributed by atoms with Crippen molar-refractivity contribution in [2.24, 2.45) is 0 Å². The van der Waals surface area contributed by atoms with Crippen LogP contribution < -0.4 is 4.74 Å². The van der Waals surface area contributed by atoms with Crippen molar-refractivity contribution in [3.05, 3.63) is 77.0 Å². The molecule has 172 valence electrons. The molecule has 0 atom stereocenters. The first-order chi connectivity index (χ1) is 16.3. The molecule has 0 fully saturated rings. The third-order valence-electron chi connectivity index (χ3n) is 5.53. The standard InChI is InChI=1S/C25H19FN2O5S/c1-12-10-17(13(2)33-12)22(29)20-21(14-4-6-15(26)7-5-14)28(24(31)23(20)30)25-27-18-9-8-16(32-3)11-19(18)34-25/h4-11,30-31H,1-3H3. The number of rotatable bonds is 5. The number of carbonyl (C=O) groups excluding carboxylic acids is 1. The Morgan fingerprint density at radius 2 is 1.85 bits per heavy atom. The number of methoxy groups -OCH3 is 1. The Labute approximate surface area is 197 Å². The van der Waals surface area contributed by atoms with Gasteiger partial charge in [0.1, 0.15) is 23.1 Å². The minimum atomic E-state index is -0.598. The number of furan rings is 1. The molecule has 0 aliphatic heterocycles. The molecule has 9 heteroatoms. The highest BCUT2D eigenvalue weighted by Gasteiger charge is 2.32. The molecule has 0 saturated carbocycles. The predicted molar refractivity (Wildman–Crippen MR) is 126 cm³/mol. The fourth-order valence-corrected chi connectivity index (χ4v) is 4.94. The van der Waals surface area contributed by atoms with Gasteiger partial charge in [0.25, 0.3) is 0 Å². The number of fused-ring (bicyclic) bond motifs is 1. The van der Waals surface area contributed by atoms with Crippen molar-refractivity contribution < 1.29 is 28.6 Å². The fourth-order valence-electron chi connectivity index (χ4n) is 3.94.